The number of hydrogen-bond acceptors (Lipinski definition) is 0. The Hall–Kier alpha value is -1.47. The molecule has 100 valence electrons. The fourth-order valence-electron chi connectivity index (χ4n) is 1.10. The second kappa shape index (κ2) is 16.5. The summed E-state index contributed by atoms with van der Waals surface area (Å²) in [7, 11) is 0. The molecule has 0 nitrogen and oxygen atoms in total. The maximum Gasteiger partial charge on any atom is 0.0703 e. The summed E-state index contributed by atoms with van der Waals surface area (Å²) in [6, 6.07) is 0. The second-order valence-electron chi connectivity index (χ2n) is 3.84. The summed E-state index contributed by atoms with van der Waals surface area (Å²) < 4.78 is 0. The van der Waals surface area contributed by atoms with Gasteiger partial charge in [0.25, 0.3) is 0 Å². The van der Waals surface area contributed by atoms with Gasteiger partial charge in [-0.25, -0.2) is 0 Å². The Kier molecular flexibility index (Phi) is 15.3. The molecular weight excluding hydrogens is 252 g/mol. The molecule has 0 aliphatic rings. The van der Waals surface area contributed by atoms with Crippen LogP contribution in [0.4, 0.5) is 0 Å². The molecule has 0 saturated carbocycles. The molecule has 0 unspecified atom stereocenters. The summed E-state index contributed by atoms with van der Waals surface area (Å²) in [4.78, 5) is 0. The van der Waals surface area contributed by atoms with Crippen LogP contribution in [0.2, 0.25) is 0 Å². The third kappa shape index (κ3) is 16.5. The van der Waals surface area contributed by atoms with Crippen LogP contribution in [0, 0.1) is 47.4 Å². The zero-order valence-corrected chi connectivity index (χ0v) is 12.5. The van der Waals surface area contributed by atoms with Gasteiger partial charge in [-0.15, -0.1) is 23.4 Å². The normalized spacial score (nSPS) is 7.68. The topological polar surface area (TPSA) is 0 Å². The molecule has 19 heavy (non-hydrogen) atoms. The first-order valence-corrected chi connectivity index (χ1v) is 7.34. The number of halogens is 1. The van der Waals surface area contributed by atoms with Gasteiger partial charge in [-0.1, -0.05) is 48.9 Å². The molecule has 0 rings (SSSR count). The van der Waals surface area contributed by atoms with E-state index in [1.807, 2.05) is 0 Å². The molecule has 0 atom stereocenters. The van der Waals surface area contributed by atoms with Crippen LogP contribution in [0.1, 0.15) is 58.3 Å². The Morgan fingerprint density at radius 3 is 1.47 bits per heavy atom. The number of unbranched alkanes of at least 4 members (excludes halogenated alkanes) is 3. The van der Waals surface area contributed by atoms with Gasteiger partial charge in [-0.05, 0) is 12.8 Å². The van der Waals surface area contributed by atoms with E-state index in [-0.39, 0.29) is 0 Å². The second-order valence-corrected chi connectivity index (χ2v) is 4.22. The smallest absolute Gasteiger partial charge is 0.0703 e. The van der Waals surface area contributed by atoms with E-state index in [0.717, 1.165) is 19.3 Å². The van der Waals surface area contributed by atoms with Crippen molar-refractivity contribution < 1.29 is 0 Å². The van der Waals surface area contributed by atoms with E-state index in [9.17, 15) is 0 Å². The fourth-order valence-corrected chi connectivity index (χ4v) is 1.24. The van der Waals surface area contributed by atoms with Crippen LogP contribution in [0.3, 0.4) is 0 Å². The van der Waals surface area contributed by atoms with E-state index in [4.69, 9.17) is 11.6 Å². The molecule has 0 fully saturated rings. The molecule has 0 N–H and O–H groups in total. The van der Waals surface area contributed by atoms with E-state index in [2.05, 4.69) is 54.3 Å². The summed E-state index contributed by atoms with van der Waals surface area (Å²) in [6.07, 6.45) is 7.07. The summed E-state index contributed by atoms with van der Waals surface area (Å²) in [5, 5.41) is 0. The predicted molar refractivity (Wildman–Crippen MR) is 84.4 cm³/mol. The molecule has 0 radical (unpaired) electrons. The van der Waals surface area contributed by atoms with Crippen molar-refractivity contribution in [2.45, 2.75) is 58.3 Å². The maximum absolute atomic E-state index is 5.54. The van der Waals surface area contributed by atoms with Crippen LogP contribution < -0.4 is 0 Å². The molecule has 0 aliphatic heterocycles. The van der Waals surface area contributed by atoms with Crippen molar-refractivity contribution in [2.24, 2.45) is 0 Å². The van der Waals surface area contributed by atoms with Gasteiger partial charge < -0.3 is 0 Å². The first kappa shape index (κ1) is 17.5. The minimum Gasteiger partial charge on any atom is -0.127 e. The van der Waals surface area contributed by atoms with Crippen LogP contribution in [0.5, 0.6) is 0 Å². The Labute approximate surface area is 123 Å². The van der Waals surface area contributed by atoms with Gasteiger partial charge in [0, 0.05) is 18.7 Å². The minimum atomic E-state index is 0.611. The zero-order chi connectivity index (χ0) is 14.0. The lowest BCUT2D eigenvalue weighted by molar-refractivity contribution is 0.828. The van der Waals surface area contributed by atoms with Crippen LogP contribution in [-0.2, 0) is 0 Å². The van der Waals surface area contributed by atoms with Crippen molar-refractivity contribution in [3.63, 3.8) is 0 Å². The Balaban J connectivity index is 3.56. The summed E-state index contributed by atoms with van der Waals surface area (Å²) in [6.45, 7) is 2.17. The molecule has 1 heteroatoms. The SMILES string of the molecule is CCCCC#CCC#CCC#CCC#CCCCCl. The van der Waals surface area contributed by atoms with Crippen molar-refractivity contribution >= 4 is 11.6 Å². The molecule has 0 aromatic heterocycles. The van der Waals surface area contributed by atoms with Gasteiger partial charge in [0.15, 0.2) is 0 Å². The van der Waals surface area contributed by atoms with E-state index in [1.54, 1.807) is 0 Å². The van der Waals surface area contributed by atoms with Crippen molar-refractivity contribution in [3.05, 3.63) is 0 Å². The van der Waals surface area contributed by atoms with Crippen molar-refractivity contribution in [1.82, 2.24) is 0 Å². The largest absolute Gasteiger partial charge is 0.127 e. The third-order valence-electron chi connectivity index (χ3n) is 2.12. The van der Waals surface area contributed by atoms with Gasteiger partial charge in [0.2, 0.25) is 0 Å². The van der Waals surface area contributed by atoms with Crippen LogP contribution in [0.25, 0.3) is 0 Å². The average Bonchev–Trinajstić information content (AvgIpc) is 2.43. The maximum atomic E-state index is 5.54. The minimum absolute atomic E-state index is 0.611. The highest BCUT2D eigenvalue weighted by Gasteiger charge is 1.77. The van der Waals surface area contributed by atoms with Crippen molar-refractivity contribution in [3.8, 4) is 47.4 Å². The first-order chi connectivity index (χ1) is 9.41. The number of hydrogen-bond donors (Lipinski definition) is 0. The van der Waals surface area contributed by atoms with Gasteiger partial charge in [0.1, 0.15) is 0 Å². The fraction of sp³-hybridized carbons (Fsp3) is 0.556. The average molecular weight is 273 g/mol. The highest BCUT2D eigenvalue weighted by Crippen LogP contribution is 1.90. The lowest BCUT2D eigenvalue weighted by Crippen LogP contribution is -1.71. The van der Waals surface area contributed by atoms with Gasteiger partial charge in [-0.3, -0.25) is 0 Å². The quantitative estimate of drug-likeness (QED) is 0.405. The van der Waals surface area contributed by atoms with Crippen molar-refractivity contribution in [1.29, 1.82) is 0 Å². The van der Waals surface area contributed by atoms with E-state index >= 15 is 0 Å². The highest BCUT2D eigenvalue weighted by molar-refractivity contribution is 6.17. The Bertz CT molecular complexity index is 399. The van der Waals surface area contributed by atoms with Crippen LogP contribution >= 0.6 is 11.6 Å². The van der Waals surface area contributed by atoms with Gasteiger partial charge in [-0.2, -0.15) is 0 Å². The predicted octanol–water partition coefficient (Wildman–Crippen LogP) is 4.38. The lowest BCUT2D eigenvalue weighted by Gasteiger charge is -1.82. The van der Waals surface area contributed by atoms with E-state index < -0.39 is 0 Å². The summed E-state index contributed by atoms with van der Waals surface area (Å²) in [5.41, 5.74) is 0. The Morgan fingerprint density at radius 2 is 1.05 bits per heavy atom. The monoisotopic (exact) mass is 272 g/mol. The third-order valence-corrected chi connectivity index (χ3v) is 2.39. The molecule has 0 aromatic rings. The molecule has 0 saturated heterocycles. The molecule has 0 bridgehead atoms. The molecule has 0 heterocycles. The Morgan fingerprint density at radius 1 is 0.632 bits per heavy atom. The molecule has 0 spiro atoms. The molecule has 0 aliphatic carbocycles. The highest BCUT2D eigenvalue weighted by atomic mass is 35.5. The zero-order valence-electron chi connectivity index (χ0n) is 11.7. The molecule has 0 aromatic carbocycles. The number of alkyl halides is 1. The summed E-state index contributed by atoms with van der Waals surface area (Å²) in [5.74, 6) is 24.8. The van der Waals surface area contributed by atoms with Crippen molar-refractivity contribution in [2.75, 3.05) is 5.88 Å². The van der Waals surface area contributed by atoms with E-state index in [1.165, 1.54) is 12.8 Å². The van der Waals surface area contributed by atoms with Crippen LogP contribution in [0.15, 0.2) is 0 Å². The lowest BCUT2D eigenvalue weighted by atomic mass is 10.2. The van der Waals surface area contributed by atoms with E-state index in [0.29, 0.717) is 25.1 Å². The standard InChI is InChI=1S/C18H21Cl/c1-2-3-4-5-6-7-8-9-10-11-12-13-14-15-16-17-18-19/h2-4,7,10,13,16-18H2,1H3. The molecular formula is C18H21Cl. The number of rotatable bonds is 4. The molecule has 0 amide bonds. The van der Waals surface area contributed by atoms with Gasteiger partial charge >= 0.3 is 0 Å². The van der Waals surface area contributed by atoms with Gasteiger partial charge in [0.05, 0.1) is 19.3 Å². The first-order valence-electron chi connectivity index (χ1n) is 6.80. The van der Waals surface area contributed by atoms with Crippen LogP contribution in [-0.4, -0.2) is 5.88 Å². The summed E-state index contributed by atoms with van der Waals surface area (Å²) >= 11 is 5.54.